The van der Waals surface area contributed by atoms with Crippen LogP contribution in [0.2, 0.25) is 0 Å². The second-order valence-electron chi connectivity index (χ2n) is 8.73. The summed E-state index contributed by atoms with van der Waals surface area (Å²) < 4.78 is 0. The summed E-state index contributed by atoms with van der Waals surface area (Å²) in [6.07, 6.45) is 8.43. The van der Waals surface area contributed by atoms with E-state index in [1.807, 2.05) is 36.9 Å². The van der Waals surface area contributed by atoms with Crippen LogP contribution in [0.5, 0.6) is 0 Å². The van der Waals surface area contributed by atoms with E-state index in [1.165, 1.54) is 32.1 Å². The van der Waals surface area contributed by atoms with Gasteiger partial charge in [0.25, 0.3) is 5.91 Å². The van der Waals surface area contributed by atoms with Gasteiger partial charge in [-0.1, -0.05) is 31.4 Å². The first-order valence-corrected chi connectivity index (χ1v) is 11.0. The van der Waals surface area contributed by atoms with Crippen molar-refractivity contribution in [3.05, 3.63) is 35.4 Å². The highest BCUT2D eigenvalue weighted by Crippen LogP contribution is 2.28. The van der Waals surface area contributed by atoms with Crippen LogP contribution < -0.4 is 10.6 Å². The molecule has 5 nitrogen and oxygen atoms in total. The summed E-state index contributed by atoms with van der Waals surface area (Å²) in [5, 5.41) is 6.12. The van der Waals surface area contributed by atoms with Crippen LogP contribution in [0.15, 0.2) is 24.3 Å². The van der Waals surface area contributed by atoms with Crippen molar-refractivity contribution in [1.29, 1.82) is 0 Å². The largest absolute Gasteiger partial charge is 0.352 e. The van der Waals surface area contributed by atoms with E-state index >= 15 is 0 Å². The van der Waals surface area contributed by atoms with Crippen molar-refractivity contribution in [2.24, 2.45) is 5.92 Å². The molecule has 154 valence electrons. The number of nitrogens with one attached hydrogen (secondary N) is 2. The normalized spacial score (nSPS) is 20.8. The van der Waals surface area contributed by atoms with Gasteiger partial charge in [-0.25, -0.2) is 4.79 Å². The van der Waals surface area contributed by atoms with Crippen molar-refractivity contribution < 1.29 is 9.59 Å². The van der Waals surface area contributed by atoms with Crippen molar-refractivity contribution in [2.45, 2.75) is 70.8 Å². The third-order valence-corrected chi connectivity index (χ3v) is 6.02. The summed E-state index contributed by atoms with van der Waals surface area (Å²) in [6, 6.07) is 8.13. The fourth-order valence-corrected chi connectivity index (χ4v) is 4.44. The van der Waals surface area contributed by atoms with Crippen LogP contribution in [0.25, 0.3) is 0 Å². The van der Waals surface area contributed by atoms with E-state index in [2.05, 4.69) is 16.7 Å². The molecule has 1 saturated carbocycles. The van der Waals surface area contributed by atoms with E-state index in [1.54, 1.807) is 0 Å². The van der Waals surface area contributed by atoms with Crippen LogP contribution in [0.1, 0.15) is 80.6 Å². The van der Waals surface area contributed by atoms with Gasteiger partial charge in [-0.3, -0.25) is 4.79 Å². The van der Waals surface area contributed by atoms with Gasteiger partial charge in [-0.2, -0.15) is 0 Å². The van der Waals surface area contributed by atoms with Crippen molar-refractivity contribution in [1.82, 2.24) is 15.5 Å². The van der Waals surface area contributed by atoms with E-state index in [4.69, 9.17) is 0 Å². The van der Waals surface area contributed by atoms with Crippen molar-refractivity contribution in [3.8, 4) is 0 Å². The van der Waals surface area contributed by atoms with Gasteiger partial charge < -0.3 is 15.5 Å². The molecule has 5 heteroatoms. The summed E-state index contributed by atoms with van der Waals surface area (Å²) in [6.45, 7) is 6.27. The highest BCUT2D eigenvalue weighted by molar-refractivity contribution is 5.94. The Morgan fingerprint density at radius 2 is 1.89 bits per heavy atom. The zero-order valence-corrected chi connectivity index (χ0v) is 17.4. The number of benzene rings is 1. The van der Waals surface area contributed by atoms with Gasteiger partial charge in [-0.15, -0.1) is 0 Å². The molecule has 0 bridgehead atoms. The van der Waals surface area contributed by atoms with E-state index in [0.29, 0.717) is 12.5 Å². The van der Waals surface area contributed by atoms with Gasteiger partial charge >= 0.3 is 6.03 Å². The maximum Gasteiger partial charge on any atom is 0.317 e. The average molecular weight is 386 g/mol. The summed E-state index contributed by atoms with van der Waals surface area (Å²) in [4.78, 5) is 26.9. The summed E-state index contributed by atoms with van der Waals surface area (Å²) >= 11 is 0. The molecule has 3 amide bonds. The first kappa shape index (κ1) is 20.7. The standard InChI is InChI=1S/C23H35N3O2/c1-17(2)25-23(28)26-13-7-12-21(16-26)19-10-6-11-20(14-19)22(27)24-15-18-8-4-3-5-9-18/h6,10-11,14,17-18,21H,3-5,7-9,12-13,15-16H2,1-2H3,(H,24,27)(H,25,28)/t21-/m0/s1. The molecule has 0 aromatic heterocycles. The maximum absolute atomic E-state index is 12.6. The lowest BCUT2D eigenvalue weighted by Gasteiger charge is -2.33. The molecule has 1 heterocycles. The molecule has 2 N–H and O–H groups in total. The number of amides is 3. The molecule has 2 aliphatic rings. The van der Waals surface area contributed by atoms with Gasteiger partial charge in [0, 0.05) is 37.2 Å². The number of hydrogen-bond acceptors (Lipinski definition) is 2. The number of rotatable bonds is 5. The predicted molar refractivity (Wildman–Crippen MR) is 113 cm³/mol. The summed E-state index contributed by atoms with van der Waals surface area (Å²) in [7, 11) is 0. The van der Waals surface area contributed by atoms with E-state index < -0.39 is 0 Å². The molecule has 1 atom stereocenters. The number of nitrogens with zero attached hydrogens (tertiary/aromatic N) is 1. The molecule has 1 aromatic carbocycles. The van der Waals surface area contributed by atoms with Crippen LogP contribution in [-0.2, 0) is 0 Å². The zero-order chi connectivity index (χ0) is 19.9. The van der Waals surface area contributed by atoms with Crippen LogP contribution in [0, 0.1) is 5.92 Å². The Kier molecular flexibility index (Phi) is 7.35. The smallest absolute Gasteiger partial charge is 0.317 e. The Labute approximate surface area is 169 Å². The van der Waals surface area contributed by atoms with Crippen molar-refractivity contribution >= 4 is 11.9 Å². The first-order valence-electron chi connectivity index (χ1n) is 11.0. The van der Waals surface area contributed by atoms with E-state index in [0.717, 1.165) is 37.1 Å². The third kappa shape index (κ3) is 5.73. The van der Waals surface area contributed by atoms with E-state index in [-0.39, 0.29) is 23.9 Å². The number of hydrogen-bond donors (Lipinski definition) is 2. The highest BCUT2D eigenvalue weighted by Gasteiger charge is 2.25. The average Bonchev–Trinajstić information content (AvgIpc) is 2.72. The lowest BCUT2D eigenvalue weighted by molar-refractivity contribution is 0.0943. The Balaban J connectivity index is 1.58. The van der Waals surface area contributed by atoms with E-state index in [9.17, 15) is 9.59 Å². The molecule has 1 saturated heterocycles. The molecule has 2 fully saturated rings. The molecule has 0 unspecified atom stereocenters. The maximum atomic E-state index is 12.6. The minimum absolute atomic E-state index is 0.0149. The Morgan fingerprint density at radius 1 is 1.11 bits per heavy atom. The minimum atomic E-state index is 0.0149. The van der Waals surface area contributed by atoms with Crippen LogP contribution in [-0.4, -0.2) is 42.5 Å². The topological polar surface area (TPSA) is 61.4 Å². The summed E-state index contributed by atoms with van der Waals surface area (Å²) in [5.41, 5.74) is 1.89. The minimum Gasteiger partial charge on any atom is -0.352 e. The number of piperidine rings is 1. The second-order valence-corrected chi connectivity index (χ2v) is 8.73. The third-order valence-electron chi connectivity index (χ3n) is 6.02. The molecule has 1 aromatic rings. The number of carbonyl (C=O) groups excluding carboxylic acids is 2. The molecule has 0 radical (unpaired) electrons. The van der Waals surface area contributed by atoms with Crippen molar-refractivity contribution in [2.75, 3.05) is 19.6 Å². The molecular formula is C23H35N3O2. The second kappa shape index (κ2) is 9.94. The fourth-order valence-electron chi connectivity index (χ4n) is 4.44. The van der Waals surface area contributed by atoms with Gasteiger partial charge in [0.1, 0.15) is 0 Å². The molecule has 3 rings (SSSR count). The molecular weight excluding hydrogens is 350 g/mol. The zero-order valence-electron chi connectivity index (χ0n) is 17.4. The summed E-state index contributed by atoms with van der Waals surface area (Å²) in [5.74, 6) is 0.947. The SMILES string of the molecule is CC(C)NC(=O)N1CCC[C@H](c2cccc(C(=O)NCC3CCCCC3)c2)C1. The predicted octanol–water partition coefficient (Wildman–Crippen LogP) is 4.29. The van der Waals surface area contributed by atoms with Gasteiger partial charge in [0.2, 0.25) is 0 Å². The molecule has 1 aliphatic carbocycles. The monoisotopic (exact) mass is 385 g/mol. The molecule has 28 heavy (non-hydrogen) atoms. The van der Waals surface area contributed by atoms with Gasteiger partial charge in [0.15, 0.2) is 0 Å². The first-order chi connectivity index (χ1) is 13.5. The molecule has 1 aliphatic heterocycles. The lowest BCUT2D eigenvalue weighted by atomic mass is 9.89. The van der Waals surface area contributed by atoms with Crippen molar-refractivity contribution in [3.63, 3.8) is 0 Å². The Bertz CT molecular complexity index is 668. The van der Waals surface area contributed by atoms with Gasteiger partial charge in [0.05, 0.1) is 0 Å². The van der Waals surface area contributed by atoms with Crippen LogP contribution in [0.4, 0.5) is 4.79 Å². The van der Waals surface area contributed by atoms with Gasteiger partial charge in [-0.05, 0) is 63.1 Å². The highest BCUT2D eigenvalue weighted by atomic mass is 16.2. The number of carbonyl (C=O) groups is 2. The Hall–Kier alpha value is -2.04. The van der Waals surface area contributed by atoms with Crippen LogP contribution in [0.3, 0.4) is 0 Å². The Morgan fingerprint density at radius 3 is 2.64 bits per heavy atom. The van der Waals surface area contributed by atoms with Crippen LogP contribution >= 0.6 is 0 Å². The lowest BCUT2D eigenvalue weighted by Crippen LogP contribution is -2.47. The quantitative estimate of drug-likeness (QED) is 0.794. The molecule has 0 spiro atoms. The number of urea groups is 1. The number of likely N-dealkylation sites (tertiary alicyclic amines) is 1. The fraction of sp³-hybridized carbons (Fsp3) is 0.652.